The van der Waals surface area contributed by atoms with Crippen molar-refractivity contribution in [3.05, 3.63) is 35.4 Å². The van der Waals surface area contributed by atoms with E-state index in [2.05, 4.69) is 19.2 Å². The van der Waals surface area contributed by atoms with Gasteiger partial charge < -0.3 is 10.4 Å². The molecule has 1 aromatic carbocycles. The molecule has 0 aliphatic rings. The van der Waals surface area contributed by atoms with E-state index in [0.717, 1.165) is 6.42 Å². The topological polar surface area (TPSA) is 66.4 Å². The molecular weight excluding hydrogens is 230 g/mol. The zero-order chi connectivity index (χ0) is 13.7. The van der Waals surface area contributed by atoms with Gasteiger partial charge >= 0.3 is 5.97 Å². The number of nitrogens with one attached hydrogen (secondary N) is 1. The Hall–Kier alpha value is -1.84. The van der Waals surface area contributed by atoms with Crippen LogP contribution >= 0.6 is 0 Å². The maximum absolute atomic E-state index is 11.9. The highest BCUT2D eigenvalue weighted by Crippen LogP contribution is 2.09. The summed E-state index contributed by atoms with van der Waals surface area (Å²) in [7, 11) is 0. The van der Waals surface area contributed by atoms with Gasteiger partial charge in [0.25, 0.3) is 5.91 Å². The second-order valence-corrected chi connectivity index (χ2v) is 4.53. The van der Waals surface area contributed by atoms with Crippen LogP contribution in [0, 0.1) is 5.92 Å². The Balaban J connectivity index is 2.70. The summed E-state index contributed by atoms with van der Waals surface area (Å²) in [5.74, 6) is -0.748. The lowest BCUT2D eigenvalue weighted by molar-refractivity contribution is 0.0696. The van der Waals surface area contributed by atoms with Crippen molar-refractivity contribution in [3.63, 3.8) is 0 Å². The Kier molecular flexibility index (Phi) is 4.89. The average Bonchev–Trinajstić information content (AvgIpc) is 2.37. The van der Waals surface area contributed by atoms with Crippen molar-refractivity contribution >= 4 is 11.9 Å². The predicted octanol–water partition coefficient (Wildman–Crippen LogP) is 2.55. The van der Waals surface area contributed by atoms with Crippen molar-refractivity contribution in [2.45, 2.75) is 33.2 Å². The van der Waals surface area contributed by atoms with Crippen molar-refractivity contribution in [3.8, 4) is 0 Å². The number of rotatable bonds is 5. The minimum atomic E-state index is -0.991. The lowest BCUT2D eigenvalue weighted by Gasteiger charge is -2.19. The molecule has 4 heteroatoms. The van der Waals surface area contributed by atoms with Gasteiger partial charge in [0.1, 0.15) is 0 Å². The molecule has 0 aliphatic heterocycles. The van der Waals surface area contributed by atoms with Gasteiger partial charge in [0, 0.05) is 11.6 Å². The zero-order valence-corrected chi connectivity index (χ0v) is 10.9. The first kappa shape index (κ1) is 14.2. The summed E-state index contributed by atoms with van der Waals surface area (Å²) in [6.45, 7) is 6.13. The molecule has 0 aromatic heterocycles. The summed E-state index contributed by atoms with van der Waals surface area (Å²) in [6.07, 6.45) is 0.999. The molecule has 2 N–H and O–H groups in total. The molecule has 4 nitrogen and oxygen atoms in total. The van der Waals surface area contributed by atoms with Crippen molar-refractivity contribution in [1.29, 1.82) is 0 Å². The van der Waals surface area contributed by atoms with E-state index in [0.29, 0.717) is 11.5 Å². The minimum Gasteiger partial charge on any atom is -0.478 e. The van der Waals surface area contributed by atoms with Crippen LogP contribution in [-0.2, 0) is 0 Å². The maximum atomic E-state index is 11.9. The smallest absolute Gasteiger partial charge is 0.335 e. The van der Waals surface area contributed by atoms with E-state index < -0.39 is 5.97 Å². The number of carbonyl (C=O) groups is 2. The molecule has 0 saturated heterocycles. The fraction of sp³-hybridized carbons (Fsp3) is 0.429. The Morgan fingerprint density at radius 2 is 1.67 bits per heavy atom. The van der Waals surface area contributed by atoms with Gasteiger partial charge in [-0.05, 0) is 37.1 Å². The van der Waals surface area contributed by atoms with Crippen LogP contribution in [0.4, 0.5) is 0 Å². The predicted molar refractivity (Wildman–Crippen MR) is 69.8 cm³/mol. The molecule has 0 bridgehead atoms. The normalized spacial score (nSPS) is 13.7. The summed E-state index contributed by atoms with van der Waals surface area (Å²) >= 11 is 0. The van der Waals surface area contributed by atoms with E-state index in [1.54, 1.807) is 0 Å². The van der Waals surface area contributed by atoms with Crippen molar-refractivity contribution in [2.24, 2.45) is 5.92 Å². The molecule has 0 spiro atoms. The van der Waals surface area contributed by atoms with Crippen LogP contribution in [0.5, 0.6) is 0 Å². The lowest BCUT2D eigenvalue weighted by Crippen LogP contribution is -2.36. The fourth-order valence-corrected chi connectivity index (χ4v) is 1.55. The molecule has 2 atom stereocenters. The summed E-state index contributed by atoms with van der Waals surface area (Å²) in [5.41, 5.74) is 0.664. The molecular formula is C14H19NO3. The number of benzene rings is 1. The first-order chi connectivity index (χ1) is 8.45. The molecule has 1 rings (SSSR count). The van der Waals surface area contributed by atoms with E-state index in [4.69, 9.17) is 5.11 Å². The number of carboxylic acids is 1. The highest BCUT2D eigenvalue weighted by Gasteiger charge is 2.14. The van der Waals surface area contributed by atoms with Crippen LogP contribution in [0.25, 0.3) is 0 Å². The maximum Gasteiger partial charge on any atom is 0.335 e. The molecule has 1 aromatic rings. The lowest BCUT2D eigenvalue weighted by atomic mass is 10.0. The number of hydrogen-bond donors (Lipinski definition) is 2. The number of aromatic carboxylic acids is 1. The monoisotopic (exact) mass is 249 g/mol. The minimum absolute atomic E-state index is 0.0988. The Bertz CT molecular complexity index is 425. The molecule has 0 saturated carbocycles. The van der Waals surface area contributed by atoms with Gasteiger partial charge in [-0.15, -0.1) is 0 Å². The molecule has 0 aliphatic carbocycles. The standard InChI is InChI=1S/C14H19NO3/c1-4-9(2)10(3)15-13(16)11-5-7-12(8-6-11)14(17)18/h5-10H,4H2,1-3H3,(H,15,16)(H,17,18). The van der Waals surface area contributed by atoms with E-state index in [-0.39, 0.29) is 17.5 Å². The van der Waals surface area contributed by atoms with Gasteiger partial charge in [0.05, 0.1) is 5.56 Å². The molecule has 18 heavy (non-hydrogen) atoms. The summed E-state index contributed by atoms with van der Waals surface area (Å²) in [5, 5.41) is 11.7. The second-order valence-electron chi connectivity index (χ2n) is 4.53. The van der Waals surface area contributed by atoms with Gasteiger partial charge in [0.15, 0.2) is 0 Å². The van der Waals surface area contributed by atoms with E-state index in [9.17, 15) is 9.59 Å². The molecule has 98 valence electrons. The van der Waals surface area contributed by atoms with Crippen LogP contribution in [0.3, 0.4) is 0 Å². The van der Waals surface area contributed by atoms with Gasteiger partial charge in [-0.25, -0.2) is 4.79 Å². The van der Waals surface area contributed by atoms with E-state index in [1.807, 2.05) is 6.92 Å². The molecule has 0 radical (unpaired) electrons. The van der Waals surface area contributed by atoms with Gasteiger partial charge in [-0.3, -0.25) is 4.79 Å². The zero-order valence-electron chi connectivity index (χ0n) is 10.9. The summed E-state index contributed by atoms with van der Waals surface area (Å²) in [4.78, 5) is 22.6. The number of carbonyl (C=O) groups excluding carboxylic acids is 1. The quantitative estimate of drug-likeness (QED) is 0.842. The van der Waals surface area contributed by atoms with Crippen LogP contribution < -0.4 is 5.32 Å². The number of amides is 1. The average molecular weight is 249 g/mol. The summed E-state index contributed by atoms with van der Waals surface area (Å²) < 4.78 is 0. The SMILES string of the molecule is CCC(C)C(C)NC(=O)c1ccc(C(=O)O)cc1. The second kappa shape index (κ2) is 6.19. The van der Waals surface area contributed by atoms with E-state index in [1.165, 1.54) is 24.3 Å². The molecule has 0 heterocycles. The Morgan fingerprint density at radius 3 is 2.11 bits per heavy atom. The van der Waals surface area contributed by atoms with Gasteiger partial charge in [-0.1, -0.05) is 20.3 Å². The third-order valence-electron chi connectivity index (χ3n) is 3.25. The van der Waals surface area contributed by atoms with Crippen molar-refractivity contribution < 1.29 is 14.7 Å². The third-order valence-corrected chi connectivity index (χ3v) is 3.25. The fourth-order valence-electron chi connectivity index (χ4n) is 1.55. The molecule has 1 amide bonds. The summed E-state index contributed by atoms with van der Waals surface area (Å²) in [6, 6.07) is 6.03. The first-order valence-electron chi connectivity index (χ1n) is 6.10. The highest BCUT2D eigenvalue weighted by molar-refractivity contribution is 5.96. The van der Waals surface area contributed by atoms with Crippen molar-refractivity contribution in [1.82, 2.24) is 5.32 Å². The number of carboxylic acid groups (broad SMARTS) is 1. The van der Waals surface area contributed by atoms with Gasteiger partial charge in [0.2, 0.25) is 0 Å². The number of hydrogen-bond acceptors (Lipinski definition) is 2. The van der Waals surface area contributed by atoms with Crippen LogP contribution in [0.15, 0.2) is 24.3 Å². The molecule has 2 unspecified atom stereocenters. The highest BCUT2D eigenvalue weighted by atomic mass is 16.4. The van der Waals surface area contributed by atoms with Crippen LogP contribution in [0.1, 0.15) is 47.9 Å². The van der Waals surface area contributed by atoms with E-state index >= 15 is 0 Å². The molecule has 0 fully saturated rings. The Labute approximate surface area is 107 Å². The van der Waals surface area contributed by atoms with Crippen LogP contribution in [-0.4, -0.2) is 23.0 Å². The van der Waals surface area contributed by atoms with Crippen molar-refractivity contribution in [2.75, 3.05) is 0 Å². The van der Waals surface area contributed by atoms with Crippen LogP contribution in [0.2, 0.25) is 0 Å². The first-order valence-corrected chi connectivity index (χ1v) is 6.10. The third kappa shape index (κ3) is 3.58. The largest absolute Gasteiger partial charge is 0.478 e. The Morgan fingerprint density at radius 1 is 1.17 bits per heavy atom. The van der Waals surface area contributed by atoms with Gasteiger partial charge in [-0.2, -0.15) is 0 Å².